The molecule has 0 radical (unpaired) electrons. The van der Waals surface area contributed by atoms with Crippen LogP contribution in [-0.4, -0.2) is 29.7 Å². The van der Waals surface area contributed by atoms with Crippen molar-refractivity contribution in [2.24, 2.45) is 5.73 Å². The van der Waals surface area contributed by atoms with Crippen molar-refractivity contribution in [3.05, 3.63) is 18.3 Å². The van der Waals surface area contributed by atoms with Gasteiger partial charge in [-0.2, -0.15) is 13.2 Å². The predicted molar refractivity (Wildman–Crippen MR) is 74.5 cm³/mol. The second kappa shape index (κ2) is 8.68. The number of halogens is 4. The Labute approximate surface area is 126 Å². The Balaban J connectivity index is 0.00000400. The lowest BCUT2D eigenvalue weighted by Gasteiger charge is -2.11. The number of carbonyl (C=O) groups is 1. The van der Waals surface area contributed by atoms with Crippen LogP contribution in [-0.2, 0) is 4.79 Å². The minimum absolute atomic E-state index is 0. The molecule has 1 amide bonds. The number of anilines is 1. The number of nitrogens with one attached hydrogen (secondary N) is 1. The van der Waals surface area contributed by atoms with Gasteiger partial charge < -0.3 is 15.8 Å². The van der Waals surface area contributed by atoms with E-state index >= 15 is 0 Å². The van der Waals surface area contributed by atoms with Gasteiger partial charge in [-0.05, 0) is 12.5 Å². The number of aromatic nitrogens is 1. The first-order valence-corrected chi connectivity index (χ1v) is 6.04. The fourth-order valence-electron chi connectivity index (χ4n) is 1.37. The summed E-state index contributed by atoms with van der Waals surface area (Å²) in [5.41, 5.74) is 5.97. The summed E-state index contributed by atoms with van der Waals surface area (Å²) >= 11 is 0. The molecule has 0 aromatic carbocycles. The Morgan fingerprint density at radius 3 is 2.62 bits per heavy atom. The van der Waals surface area contributed by atoms with Gasteiger partial charge in [-0.15, -0.1) is 12.4 Å². The first-order valence-electron chi connectivity index (χ1n) is 6.04. The molecule has 0 spiro atoms. The van der Waals surface area contributed by atoms with E-state index in [4.69, 9.17) is 5.73 Å². The van der Waals surface area contributed by atoms with Crippen LogP contribution in [0, 0.1) is 0 Å². The summed E-state index contributed by atoms with van der Waals surface area (Å²) in [6.07, 6.45) is -1.88. The number of amides is 1. The smallest absolute Gasteiger partial charge is 0.422 e. The van der Waals surface area contributed by atoms with Crippen molar-refractivity contribution in [2.75, 3.05) is 11.9 Å². The number of hydrogen-bond acceptors (Lipinski definition) is 4. The maximum absolute atomic E-state index is 11.9. The highest BCUT2D eigenvalue weighted by atomic mass is 35.5. The van der Waals surface area contributed by atoms with Crippen molar-refractivity contribution >= 4 is 24.0 Å². The SMILES string of the molecule is CCCC(N)C(=O)Nc1ccc(OCC(F)(F)F)nc1.Cl. The molecule has 0 aliphatic rings. The Kier molecular flexibility index (Phi) is 8.05. The molecular weight excluding hydrogens is 311 g/mol. The summed E-state index contributed by atoms with van der Waals surface area (Å²) < 4.78 is 40.2. The van der Waals surface area contributed by atoms with Gasteiger partial charge in [0.15, 0.2) is 6.61 Å². The highest BCUT2D eigenvalue weighted by Crippen LogP contribution is 2.18. The van der Waals surface area contributed by atoms with Gasteiger partial charge in [0.25, 0.3) is 0 Å². The van der Waals surface area contributed by atoms with Crippen LogP contribution < -0.4 is 15.8 Å². The molecule has 9 heteroatoms. The van der Waals surface area contributed by atoms with Gasteiger partial charge in [0, 0.05) is 6.07 Å². The number of hydrogen-bond donors (Lipinski definition) is 2. The number of carbonyl (C=O) groups excluding carboxylic acids is 1. The third-order valence-electron chi connectivity index (χ3n) is 2.32. The van der Waals surface area contributed by atoms with Crippen molar-refractivity contribution in [3.63, 3.8) is 0 Å². The Morgan fingerprint density at radius 1 is 1.48 bits per heavy atom. The van der Waals surface area contributed by atoms with E-state index < -0.39 is 18.8 Å². The van der Waals surface area contributed by atoms with Crippen molar-refractivity contribution < 1.29 is 22.7 Å². The minimum atomic E-state index is -4.42. The molecule has 3 N–H and O–H groups in total. The summed E-state index contributed by atoms with van der Waals surface area (Å²) in [7, 11) is 0. The van der Waals surface area contributed by atoms with Crippen molar-refractivity contribution in [2.45, 2.75) is 32.0 Å². The van der Waals surface area contributed by atoms with Gasteiger partial charge in [-0.1, -0.05) is 13.3 Å². The van der Waals surface area contributed by atoms with Crippen LogP contribution in [0.4, 0.5) is 18.9 Å². The number of rotatable bonds is 6. The largest absolute Gasteiger partial charge is 0.468 e. The van der Waals surface area contributed by atoms with E-state index in [-0.39, 0.29) is 24.2 Å². The summed E-state index contributed by atoms with van der Waals surface area (Å²) in [6, 6.07) is 2.02. The molecule has 1 rings (SSSR count). The number of pyridine rings is 1. The van der Waals surface area contributed by atoms with Crippen LogP contribution in [0.25, 0.3) is 0 Å². The first kappa shape index (κ1) is 19.5. The quantitative estimate of drug-likeness (QED) is 0.841. The normalized spacial score (nSPS) is 12.2. The molecule has 1 aromatic rings. The van der Waals surface area contributed by atoms with Gasteiger partial charge in [-0.3, -0.25) is 4.79 Å². The molecule has 1 aromatic heterocycles. The molecule has 1 heterocycles. The molecule has 1 unspecified atom stereocenters. The number of alkyl halides is 3. The van der Waals surface area contributed by atoms with E-state index in [0.29, 0.717) is 12.1 Å². The monoisotopic (exact) mass is 327 g/mol. The Bertz CT molecular complexity index is 440. The fourth-order valence-corrected chi connectivity index (χ4v) is 1.37. The van der Waals surface area contributed by atoms with E-state index in [1.165, 1.54) is 18.3 Å². The topological polar surface area (TPSA) is 77.2 Å². The summed E-state index contributed by atoms with van der Waals surface area (Å²) in [6.45, 7) is 0.495. The summed E-state index contributed by atoms with van der Waals surface area (Å²) in [5, 5.41) is 2.52. The van der Waals surface area contributed by atoms with Gasteiger partial charge in [0.1, 0.15) is 0 Å². The molecule has 0 saturated heterocycles. The molecule has 120 valence electrons. The molecule has 1 atom stereocenters. The standard InChI is InChI=1S/C12H16F3N3O2.ClH/c1-2-3-9(16)11(19)18-8-4-5-10(17-6-8)20-7-12(13,14)15;/h4-6,9H,2-3,7,16H2,1H3,(H,18,19);1H. The van der Waals surface area contributed by atoms with Crippen LogP contribution in [0.15, 0.2) is 18.3 Å². The van der Waals surface area contributed by atoms with Crippen molar-refractivity contribution in [1.82, 2.24) is 4.98 Å². The lowest BCUT2D eigenvalue weighted by molar-refractivity contribution is -0.154. The van der Waals surface area contributed by atoms with Gasteiger partial charge >= 0.3 is 6.18 Å². The van der Waals surface area contributed by atoms with Crippen molar-refractivity contribution in [3.8, 4) is 5.88 Å². The molecule has 0 bridgehead atoms. The maximum atomic E-state index is 11.9. The average molecular weight is 328 g/mol. The molecule has 21 heavy (non-hydrogen) atoms. The zero-order chi connectivity index (χ0) is 15.2. The summed E-state index contributed by atoms with van der Waals surface area (Å²) in [4.78, 5) is 15.3. The Morgan fingerprint density at radius 2 is 2.14 bits per heavy atom. The van der Waals surface area contributed by atoms with E-state index in [9.17, 15) is 18.0 Å². The number of nitrogens with two attached hydrogens (primary N) is 1. The Hall–Kier alpha value is -1.54. The highest BCUT2D eigenvalue weighted by Gasteiger charge is 2.28. The minimum Gasteiger partial charge on any atom is -0.468 e. The van der Waals surface area contributed by atoms with Crippen LogP contribution in [0.2, 0.25) is 0 Å². The summed E-state index contributed by atoms with van der Waals surface area (Å²) in [5.74, 6) is -0.532. The lowest BCUT2D eigenvalue weighted by Crippen LogP contribution is -2.35. The third kappa shape index (κ3) is 7.72. The first-order chi connectivity index (χ1) is 9.31. The molecular formula is C12H17ClF3N3O2. The zero-order valence-electron chi connectivity index (χ0n) is 11.3. The van der Waals surface area contributed by atoms with Crippen LogP contribution in [0.1, 0.15) is 19.8 Å². The second-order valence-corrected chi connectivity index (χ2v) is 4.17. The molecule has 0 aliphatic heterocycles. The van der Waals surface area contributed by atoms with Crippen LogP contribution >= 0.6 is 12.4 Å². The average Bonchev–Trinajstić information content (AvgIpc) is 2.37. The van der Waals surface area contributed by atoms with E-state index in [2.05, 4.69) is 15.0 Å². The molecule has 0 aliphatic carbocycles. The van der Waals surface area contributed by atoms with Gasteiger partial charge in [-0.25, -0.2) is 4.98 Å². The lowest BCUT2D eigenvalue weighted by atomic mass is 10.1. The molecule has 0 saturated carbocycles. The van der Waals surface area contributed by atoms with E-state index in [1.807, 2.05) is 6.92 Å². The molecule has 0 fully saturated rings. The zero-order valence-corrected chi connectivity index (χ0v) is 12.1. The fraction of sp³-hybridized carbons (Fsp3) is 0.500. The van der Waals surface area contributed by atoms with Gasteiger partial charge in [0.2, 0.25) is 11.8 Å². The maximum Gasteiger partial charge on any atom is 0.422 e. The van der Waals surface area contributed by atoms with E-state index in [1.54, 1.807) is 0 Å². The highest BCUT2D eigenvalue weighted by molar-refractivity contribution is 5.94. The number of ether oxygens (including phenoxy) is 1. The predicted octanol–water partition coefficient (Wildman–Crippen LogP) is 2.51. The van der Waals surface area contributed by atoms with Crippen molar-refractivity contribution in [1.29, 1.82) is 0 Å². The third-order valence-corrected chi connectivity index (χ3v) is 2.32. The van der Waals surface area contributed by atoms with Crippen LogP contribution in [0.3, 0.4) is 0 Å². The van der Waals surface area contributed by atoms with Crippen LogP contribution in [0.5, 0.6) is 5.88 Å². The second-order valence-electron chi connectivity index (χ2n) is 4.17. The molecule has 5 nitrogen and oxygen atoms in total. The van der Waals surface area contributed by atoms with Gasteiger partial charge in [0.05, 0.1) is 17.9 Å². The number of nitrogens with zero attached hydrogens (tertiary/aromatic N) is 1. The van der Waals surface area contributed by atoms with E-state index in [0.717, 1.165) is 6.42 Å².